The quantitative estimate of drug-likeness (QED) is 0.522. The summed E-state index contributed by atoms with van der Waals surface area (Å²) in [5.41, 5.74) is 1.97. The zero-order valence-corrected chi connectivity index (χ0v) is 17.6. The lowest BCUT2D eigenvalue weighted by Gasteiger charge is -2.21. The highest BCUT2D eigenvalue weighted by atomic mass is 79.9. The molecule has 0 radical (unpaired) electrons. The SMILES string of the molecule is CC(=O)Nc1ccc(NC(=O)[C@H](C)[NH+](C)CC(=O)Nc2ccccc2Br)cc1. The molecular weight excluding hydrogens is 424 g/mol. The highest BCUT2D eigenvalue weighted by molar-refractivity contribution is 9.10. The van der Waals surface area contributed by atoms with Gasteiger partial charge >= 0.3 is 0 Å². The Morgan fingerprint density at radius 3 is 2.11 bits per heavy atom. The second-order valence-corrected chi connectivity index (χ2v) is 7.37. The second-order valence-electron chi connectivity index (χ2n) is 6.52. The van der Waals surface area contributed by atoms with Crippen molar-refractivity contribution in [3.63, 3.8) is 0 Å². The summed E-state index contributed by atoms with van der Waals surface area (Å²) >= 11 is 3.39. The zero-order chi connectivity index (χ0) is 20.7. The van der Waals surface area contributed by atoms with Crippen molar-refractivity contribution in [2.75, 3.05) is 29.5 Å². The maximum atomic E-state index is 12.5. The molecule has 8 heteroatoms. The van der Waals surface area contributed by atoms with E-state index in [1.165, 1.54) is 6.92 Å². The van der Waals surface area contributed by atoms with Crippen molar-refractivity contribution in [2.24, 2.45) is 0 Å². The summed E-state index contributed by atoms with van der Waals surface area (Å²) < 4.78 is 0.800. The first-order valence-corrected chi connectivity index (χ1v) is 9.60. The number of carbonyl (C=O) groups excluding carboxylic acids is 3. The van der Waals surface area contributed by atoms with Gasteiger partial charge in [-0.25, -0.2) is 0 Å². The Bertz CT molecular complexity index is 855. The summed E-state index contributed by atoms with van der Waals surface area (Å²) in [6.07, 6.45) is 0. The number of carbonyl (C=O) groups is 3. The van der Waals surface area contributed by atoms with Crippen molar-refractivity contribution in [1.29, 1.82) is 0 Å². The lowest BCUT2D eigenvalue weighted by atomic mass is 10.2. The van der Waals surface area contributed by atoms with Gasteiger partial charge in [-0.1, -0.05) is 12.1 Å². The first kappa shape index (κ1) is 21.6. The molecule has 7 nitrogen and oxygen atoms in total. The maximum Gasteiger partial charge on any atom is 0.282 e. The molecule has 1 unspecified atom stereocenters. The molecule has 0 bridgehead atoms. The summed E-state index contributed by atoms with van der Waals surface area (Å²) in [5.74, 6) is -0.529. The Labute approximate surface area is 172 Å². The van der Waals surface area contributed by atoms with Crippen LogP contribution in [0.2, 0.25) is 0 Å². The predicted molar refractivity (Wildman–Crippen MR) is 113 cm³/mol. The number of amides is 3. The molecule has 0 saturated carbocycles. The van der Waals surface area contributed by atoms with Gasteiger partial charge in [-0.2, -0.15) is 0 Å². The number of quaternary nitrogens is 1. The molecule has 2 atom stereocenters. The normalized spacial score (nSPS) is 12.6. The first-order chi connectivity index (χ1) is 13.3. The standard InChI is InChI=1S/C20H23BrN4O3/c1-13(20(28)23-16-10-8-15(9-11-16)22-14(2)26)25(3)12-19(27)24-18-7-5-4-6-17(18)21/h4-11,13H,12H2,1-3H3,(H,22,26)(H,23,28)(H,24,27)/p+1/t13-/m0/s1. The Balaban J connectivity index is 1.88. The van der Waals surface area contributed by atoms with Gasteiger partial charge < -0.3 is 20.9 Å². The summed E-state index contributed by atoms with van der Waals surface area (Å²) in [4.78, 5) is 36.5. The van der Waals surface area contributed by atoms with Gasteiger partial charge in [-0.15, -0.1) is 0 Å². The molecule has 3 amide bonds. The van der Waals surface area contributed by atoms with Gasteiger partial charge in [0.25, 0.3) is 11.8 Å². The number of halogens is 1. The minimum absolute atomic E-state index is 0.150. The van der Waals surface area contributed by atoms with Crippen LogP contribution in [0.1, 0.15) is 13.8 Å². The van der Waals surface area contributed by atoms with Crippen molar-refractivity contribution in [2.45, 2.75) is 19.9 Å². The monoisotopic (exact) mass is 447 g/mol. The van der Waals surface area contributed by atoms with Crippen LogP contribution in [-0.2, 0) is 14.4 Å². The molecule has 2 aromatic rings. The Morgan fingerprint density at radius 2 is 1.54 bits per heavy atom. The zero-order valence-electron chi connectivity index (χ0n) is 16.0. The van der Waals surface area contributed by atoms with Gasteiger partial charge in [0.15, 0.2) is 12.6 Å². The van der Waals surface area contributed by atoms with Crippen molar-refractivity contribution >= 4 is 50.7 Å². The Kier molecular flexibility index (Phi) is 7.71. The molecule has 0 spiro atoms. The van der Waals surface area contributed by atoms with Gasteiger partial charge in [0.1, 0.15) is 0 Å². The number of hydrogen-bond donors (Lipinski definition) is 4. The van der Waals surface area contributed by atoms with E-state index in [4.69, 9.17) is 0 Å². The summed E-state index contributed by atoms with van der Waals surface area (Å²) in [7, 11) is 1.80. The average Bonchev–Trinajstić information content (AvgIpc) is 2.64. The van der Waals surface area contributed by atoms with E-state index in [1.807, 2.05) is 18.2 Å². The Morgan fingerprint density at radius 1 is 0.964 bits per heavy atom. The van der Waals surface area contributed by atoms with E-state index in [1.54, 1.807) is 44.3 Å². The van der Waals surface area contributed by atoms with E-state index in [9.17, 15) is 14.4 Å². The summed E-state index contributed by atoms with van der Waals surface area (Å²) in [6.45, 7) is 3.35. The van der Waals surface area contributed by atoms with E-state index in [-0.39, 0.29) is 24.3 Å². The third-order valence-corrected chi connectivity index (χ3v) is 4.88. The number of hydrogen-bond acceptors (Lipinski definition) is 3. The number of para-hydroxylation sites is 1. The molecule has 2 aromatic carbocycles. The highest BCUT2D eigenvalue weighted by Gasteiger charge is 2.24. The van der Waals surface area contributed by atoms with Gasteiger partial charge in [0.05, 0.1) is 12.7 Å². The van der Waals surface area contributed by atoms with Crippen LogP contribution in [-0.4, -0.2) is 37.4 Å². The van der Waals surface area contributed by atoms with Gasteiger partial charge in [-0.05, 0) is 59.3 Å². The molecule has 2 rings (SSSR count). The summed E-state index contributed by atoms with van der Waals surface area (Å²) in [5, 5.41) is 8.33. The van der Waals surface area contributed by atoms with Gasteiger partial charge in [0.2, 0.25) is 5.91 Å². The van der Waals surface area contributed by atoms with Crippen LogP contribution in [0.4, 0.5) is 17.1 Å². The van der Waals surface area contributed by atoms with Crippen molar-refractivity contribution in [1.82, 2.24) is 0 Å². The van der Waals surface area contributed by atoms with Crippen LogP contribution in [0.15, 0.2) is 53.0 Å². The predicted octanol–water partition coefficient (Wildman–Crippen LogP) is 1.89. The van der Waals surface area contributed by atoms with Crippen molar-refractivity contribution < 1.29 is 19.3 Å². The van der Waals surface area contributed by atoms with E-state index >= 15 is 0 Å². The molecule has 0 aromatic heterocycles. The molecule has 4 N–H and O–H groups in total. The van der Waals surface area contributed by atoms with Crippen LogP contribution in [0.3, 0.4) is 0 Å². The van der Waals surface area contributed by atoms with E-state index in [0.29, 0.717) is 17.1 Å². The second kappa shape index (κ2) is 10.0. The number of nitrogens with one attached hydrogen (secondary N) is 4. The van der Waals surface area contributed by atoms with Crippen LogP contribution in [0.5, 0.6) is 0 Å². The minimum Gasteiger partial charge on any atom is -0.326 e. The molecule has 148 valence electrons. The number of anilines is 3. The lowest BCUT2D eigenvalue weighted by Crippen LogP contribution is -3.14. The highest BCUT2D eigenvalue weighted by Crippen LogP contribution is 2.20. The number of rotatable bonds is 7. The smallest absolute Gasteiger partial charge is 0.282 e. The topological polar surface area (TPSA) is 91.7 Å². The molecule has 0 aliphatic heterocycles. The van der Waals surface area contributed by atoms with Crippen molar-refractivity contribution in [3.8, 4) is 0 Å². The van der Waals surface area contributed by atoms with Crippen LogP contribution in [0.25, 0.3) is 0 Å². The molecule has 0 aliphatic carbocycles. The Hall–Kier alpha value is -2.71. The fraction of sp³-hybridized carbons (Fsp3) is 0.250. The number of benzene rings is 2. The molecule has 0 saturated heterocycles. The third-order valence-electron chi connectivity index (χ3n) is 4.19. The molecular formula is C20H24BrN4O3+. The van der Waals surface area contributed by atoms with E-state index < -0.39 is 6.04 Å². The van der Waals surface area contributed by atoms with E-state index in [0.717, 1.165) is 9.37 Å². The minimum atomic E-state index is -0.431. The average molecular weight is 448 g/mol. The third kappa shape index (κ3) is 6.47. The molecule has 28 heavy (non-hydrogen) atoms. The van der Waals surface area contributed by atoms with Crippen LogP contribution >= 0.6 is 15.9 Å². The fourth-order valence-corrected chi connectivity index (χ4v) is 2.86. The van der Waals surface area contributed by atoms with Crippen molar-refractivity contribution in [3.05, 3.63) is 53.0 Å². The van der Waals surface area contributed by atoms with Gasteiger partial charge in [0, 0.05) is 22.8 Å². The molecule has 0 fully saturated rings. The summed E-state index contributed by atoms with van der Waals surface area (Å²) in [6, 6.07) is 13.8. The number of likely N-dealkylation sites (N-methyl/N-ethyl adjacent to an activating group) is 1. The molecule has 0 heterocycles. The first-order valence-electron chi connectivity index (χ1n) is 8.81. The molecule has 0 aliphatic rings. The lowest BCUT2D eigenvalue weighted by molar-refractivity contribution is -0.885. The van der Waals surface area contributed by atoms with Gasteiger partial charge in [-0.3, -0.25) is 14.4 Å². The maximum absolute atomic E-state index is 12.5. The van der Waals surface area contributed by atoms with Crippen LogP contribution in [0, 0.1) is 0 Å². The largest absolute Gasteiger partial charge is 0.326 e. The van der Waals surface area contributed by atoms with Crippen LogP contribution < -0.4 is 20.9 Å². The fourth-order valence-electron chi connectivity index (χ4n) is 2.48. The van der Waals surface area contributed by atoms with E-state index in [2.05, 4.69) is 31.9 Å².